The van der Waals surface area contributed by atoms with E-state index in [2.05, 4.69) is 24.8 Å². The third kappa shape index (κ3) is 7.34. The van der Waals surface area contributed by atoms with Crippen molar-refractivity contribution in [2.45, 2.75) is 13.3 Å². The molecular weight excluding hydrogens is 481 g/mol. The van der Waals surface area contributed by atoms with Gasteiger partial charge in [0.1, 0.15) is 5.75 Å². The summed E-state index contributed by atoms with van der Waals surface area (Å²) < 4.78 is 25.3. The highest BCUT2D eigenvalue weighted by Crippen LogP contribution is 2.27. The molecular formula is C17H30IN5O3S. The number of anilines is 1. The summed E-state index contributed by atoms with van der Waals surface area (Å²) in [6.45, 7) is 5.90. The van der Waals surface area contributed by atoms with E-state index in [1.165, 1.54) is 0 Å². The quantitative estimate of drug-likeness (QED) is 0.219. The molecule has 0 saturated carbocycles. The molecule has 0 amide bonds. The summed E-state index contributed by atoms with van der Waals surface area (Å²) in [5.41, 5.74) is 0.860. The smallest absolute Gasteiger partial charge is 0.211 e. The Morgan fingerprint density at radius 1 is 1.19 bits per heavy atom. The summed E-state index contributed by atoms with van der Waals surface area (Å²) in [7, 11) is -1.38. The summed E-state index contributed by atoms with van der Waals surface area (Å²) in [5, 5.41) is 13.3. The van der Waals surface area contributed by atoms with Crippen LogP contribution in [0.25, 0.3) is 0 Å². The summed E-state index contributed by atoms with van der Waals surface area (Å²) in [5.74, 6) is 1.22. The molecule has 2 rings (SSSR count). The third-order valence-corrected chi connectivity index (χ3v) is 5.76. The van der Waals surface area contributed by atoms with E-state index in [0.29, 0.717) is 25.3 Å². The molecule has 10 heteroatoms. The van der Waals surface area contributed by atoms with Crippen molar-refractivity contribution in [2.75, 3.05) is 57.0 Å². The van der Waals surface area contributed by atoms with Gasteiger partial charge in [0.25, 0.3) is 0 Å². The van der Waals surface area contributed by atoms with Crippen molar-refractivity contribution < 1.29 is 13.5 Å². The molecule has 1 aromatic rings. The molecule has 0 radical (unpaired) electrons. The highest BCUT2D eigenvalue weighted by Gasteiger charge is 2.21. The molecule has 1 saturated heterocycles. The Morgan fingerprint density at radius 3 is 2.44 bits per heavy atom. The molecule has 0 aliphatic carbocycles. The van der Waals surface area contributed by atoms with Crippen molar-refractivity contribution in [1.82, 2.24) is 14.9 Å². The maximum Gasteiger partial charge on any atom is 0.211 e. The van der Waals surface area contributed by atoms with Gasteiger partial charge in [0, 0.05) is 46.3 Å². The van der Waals surface area contributed by atoms with Gasteiger partial charge in [-0.15, -0.1) is 24.0 Å². The number of para-hydroxylation sites is 2. The molecule has 1 aromatic carbocycles. The molecule has 3 N–H and O–H groups in total. The highest BCUT2D eigenvalue weighted by atomic mass is 127. The third-order valence-electron chi connectivity index (χ3n) is 4.35. The van der Waals surface area contributed by atoms with Crippen LogP contribution in [0.15, 0.2) is 29.3 Å². The normalized spacial score (nSPS) is 15.4. The Balaban J connectivity index is 0.00000364. The first-order valence-electron chi connectivity index (χ1n) is 8.92. The maximum atomic E-state index is 11.4. The standard InChI is InChI=1S/C17H29N5O3S.HI/c1-3-26(24,25)20-10-6-9-19-17(18-2)22-13-11-21(12-14-22)15-7-4-5-8-16(15)23;/h4-5,7-8,20,23H,3,6,9-14H2,1-2H3,(H,18,19);1H. The number of piperazine rings is 1. The number of sulfonamides is 1. The van der Waals surface area contributed by atoms with Crippen LogP contribution >= 0.6 is 24.0 Å². The number of nitrogens with one attached hydrogen (secondary N) is 2. The van der Waals surface area contributed by atoms with Crippen LogP contribution in [0.3, 0.4) is 0 Å². The van der Waals surface area contributed by atoms with Gasteiger partial charge in [0.15, 0.2) is 5.96 Å². The molecule has 0 aromatic heterocycles. The molecule has 1 aliphatic rings. The number of phenolic OH excluding ortho intramolecular Hbond substituents is 1. The van der Waals surface area contributed by atoms with E-state index in [-0.39, 0.29) is 29.7 Å². The SMILES string of the molecule is CCS(=O)(=O)NCCCNC(=NC)N1CCN(c2ccccc2O)CC1.I. The Morgan fingerprint density at radius 2 is 1.85 bits per heavy atom. The van der Waals surface area contributed by atoms with Crippen LogP contribution in [0.4, 0.5) is 5.69 Å². The van der Waals surface area contributed by atoms with Crippen molar-refractivity contribution in [2.24, 2.45) is 4.99 Å². The zero-order valence-electron chi connectivity index (χ0n) is 15.9. The zero-order valence-corrected chi connectivity index (χ0v) is 19.0. The van der Waals surface area contributed by atoms with E-state index >= 15 is 0 Å². The van der Waals surface area contributed by atoms with Gasteiger partial charge in [-0.1, -0.05) is 12.1 Å². The second kappa shape index (κ2) is 11.5. The maximum absolute atomic E-state index is 11.4. The van der Waals surface area contributed by atoms with Gasteiger partial charge in [-0.05, 0) is 25.5 Å². The number of rotatable bonds is 7. The zero-order chi connectivity index (χ0) is 19.0. The summed E-state index contributed by atoms with van der Waals surface area (Å²) in [6, 6.07) is 7.38. The lowest BCUT2D eigenvalue weighted by molar-refractivity contribution is 0.369. The minimum absolute atomic E-state index is 0. The Labute approximate surface area is 179 Å². The largest absolute Gasteiger partial charge is 0.506 e. The van der Waals surface area contributed by atoms with E-state index in [4.69, 9.17) is 0 Å². The predicted molar refractivity (Wildman–Crippen MR) is 121 cm³/mol. The average molecular weight is 511 g/mol. The van der Waals surface area contributed by atoms with E-state index in [9.17, 15) is 13.5 Å². The molecule has 27 heavy (non-hydrogen) atoms. The van der Waals surface area contributed by atoms with E-state index in [0.717, 1.165) is 37.8 Å². The predicted octanol–water partition coefficient (Wildman–Crippen LogP) is 1.04. The number of aromatic hydroxyl groups is 1. The molecule has 0 unspecified atom stereocenters. The van der Waals surface area contributed by atoms with Crippen LogP contribution in [0.5, 0.6) is 5.75 Å². The topological polar surface area (TPSA) is 97.3 Å². The number of benzene rings is 1. The molecule has 0 atom stereocenters. The van der Waals surface area contributed by atoms with Crippen LogP contribution < -0.4 is 14.9 Å². The van der Waals surface area contributed by atoms with Crippen LogP contribution in [0.2, 0.25) is 0 Å². The van der Waals surface area contributed by atoms with Gasteiger partial charge in [0.05, 0.1) is 11.4 Å². The van der Waals surface area contributed by atoms with Crippen molar-refractivity contribution in [3.63, 3.8) is 0 Å². The van der Waals surface area contributed by atoms with Crippen molar-refractivity contribution >= 4 is 45.6 Å². The lowest BCUT2D eigenvalue weighted by Gasteiger charge is -2.37. The van der Waals surface area contributed by atoms with E-state index < -0.39 is 10.0 Å². The monoisotopic (exact) mass is 511 g/mol. The molecule has 0 bridgehead atoms. The van der Waals surface area contributed by atoms with Crippen molar-refractivity contribution in [1.29, 1.82) is 0 Å². The van der Waals surface area contributed by atoms with Gasteiger partial charge < -0.3 is 20.2 Å². The van der Waals surface area contributed by atoms with Crippen molar-refractivity contribution in [3.8, 4) is 5.75 Å². The number of hydrogen-bond donors (Lipinski definition) is 3. The van der Waals surface area contributed by atoms with E-state index in [1.807, 2.05) is 18.2 Å². The fourth-order valence-corrected chi connectivity index (χ4v) is 3.50. The number of phenols is 1. The molecule has 0 spiro atoms. The molecule has 1 fully saturated rings. The fraction of sp³-hybridized carbons (Fsp3) is 0.588. The molecule has 154 valence electrons. The number of nitrogens with zero attached hydrogens (tertiary/aromatic N) is 3. The fourth-order valence-electron chi connectivity index (χ4n) is 2.84. The second-order valence-electron chi connectivity index (χ2n) is 6.09. The highest BCUT2D eigenvalue weighted by molar-refractivity contribution is 14.0. The lowest BCUT2D eigenvalue weighted by Crippen LogP contribution is -2.52. The first-order chi connectivity index (χ1) is 12.5. The van der Waals surface area contributed by atoms with Gasteiger partial charge in [-0.2, -0.15) is 0 Å². The van der Waals surface area contributed by atoms with Gasteiger partial charge in [-0.25, -0.2) is 13.1 Å². The number of guanidine groups is 1. The Kier molecular flexibility index (Phi) is 10.2. The van der Waals surface area contributed by atoms with Crippen LogP contribution in [-0.4, -0.2) is 76.5 Å². The Bertz CT molecular complexity index is 706. The average Bonchev–Trinajstić information content (AvgIpc) is 2.65. The second-order valence-corrected chi connectivity index (χ2v) is 8.18. The summed E-state index contributed by atoms with van der Waals surface area (Å²) in [6.07, 6.45) is 0.691. The van der Waals surface area contributed by atoms with Gasteiger partial charge >= 0.3 is 0 Å². The van der Waals surface area contributed by atoms with Crippen LogP contribution in [-0.2, 0) is 10.0 Å². The molecule has 1 heterocycles. The van der Waals surface area contributed by atoms with Gasteiger partial charge in [0.2, 0.25) is 10.0 Å². The minimum atomic E-state index is -3.13. The number of aliphatic imine (C=N–C) groups is 1. The van der Waals surface area contributed by atoms with Crippen molar-refractivity contribution in [3.05, 3.63) is 24.3 Å². The number of hydrogen-bond acceptors (Lipinski definition) is 5. The first-order valence-corrected chi connectivity index (χ1v) is 10.6. The molecule has 1 aliphatic heterocycles. The minimum Gasteiger partial charge on any atom is -0.506 e. The summed E-state index contributed by atoms with van der Waals surface area (Å²) in [4.78, 5) is 8.65. The first kappa shape index (κ1) is 23.8. The lowest BCUT2D eigenvalue weighted by atomic mass is 10.2. The van der Waals surface area contributed by atoms with Crippen LogP contribution in [0, 0.1) is 0 Å². The van der Waals surface area contributed by atoms with Crippen LogP contribution in [0.1, 0.15) is 13.3 Å². The Hall–Kier alpha value is -1.27. The van der Waals surface area contributed by atoms with Gasteiger partial charge in [-0.3, -0.25) is 4.99 Å². The molecule has 8 nitrogen and oxygen atoms in total. The summed E-state index contributed by atoms with van der Waals surface area (Å²) >= 11 is 0. The van der Waals surface area contributed by atoms with E-state index in [1.54, 1.807) is 20.0 Å². The number of halogens is 1.